The Labute approximate surface area is 216 Å². The summed E-state index contributed by atoms with van der Waals surface area (Å²) < 4.78 is 0. The molecule has 0 aromatic carbocycles. The van der Waals surface area contributed by atoms with Crippen LogP contribution < -0.4 is 10.6 Å². The zero-order valence-corrected chi connectivity index (χ0v) is 23.8. The van der Waals surface area contributed by atoms with Gasteiger partial charge in [0, 0.05) is 32.0 Å². The zero-order chi connectivity index (χ0) is 25.0. The van der Waals surface area contributed by atoms with Gasteiger partial charge in [-0.05, 0) is 77.4 Å². The number of aliphatic imine (C=N–C) groups is 2. The van der Waals surface area contributed by atoms with Gasteiger partial charge in [0.05, 0.1) is 12.4 Å². The van der Waals surface area contributed by atoms with Gasteiger partial charge in [0.1, 0.15) is 5.84 Å². The minimum Gasteiger partial charge on any atom is -0.374 e. The molecule has 4 heterocycles. The van der Waals surface area contributed by atoms with Gasteiger partial charge in [-0.25, -0.2) is 0 Å². The van der Waals surface area contributed by atoms with E-state index in [9.17, 15) is 0 Å². The van der Waals surface area contributed by atoms with Crippen LogP contribution >= 0.6 is 22.7 Å². The van der Waals surface area contributed by atoms with Crippen LogP contribution in [-0.2, 0) is 12.8 Å². The zero-order valence-electron chi connectivity index (χ0n) is 22.2. The molecular formula is C28H46N4S2. The number of hydrogen-bond donors (Lipinski definition) is 2. The number of rotatable bonds is 6. The van der Waals surface area contributed by atoms with Crippen molar-refractivity contribution in [3.8, 4) is 0 Å². The molecule has 34 heavy (non-hydrogen) atoms. The van der Waals surface area contributed by atoms with E-state index in [1.54, 1.807) is 22.7 Å². The van der Waals surface area contributed by atoms with Crippen LogP contribution in [0.2, 0.25) is 0 Å². The lowest BCUT2D eigenvalue weighted by atomic mass is 10.0. The predicted molar refractivity (Wildman–Crippen MR) is 156 cm³/mol. The van der Waals surface area contributed by atoms with Crippen LogP contribution in [0.1, 0.15) is 71.9 Å². The first-order valence-corrected chi connectivity index (χ1v) is 14.8. The van der Waals surface area contributed by atoms with Crippen LogP contribution in [0.15, 0.2) is 55.3 Å². The van der Waals surface area contributed by atoms with Gasteiger partial charge in [0.2, 0.25) is 0 Å². The second kappa shape index (κ2) is 19.4. The van der Waals surface area contributed by atoms with Crippen LogP contribution in [0.25, 0.3) is 0 Å². The largest absolute Gasteiger partial charge is 0.374 e. The number of hydrogen-bond acceptors (Lipinski definition) is 6. The molecule has 0 unspecified atom stereocenters. The fraction of sp³-hybridized carbons (Fsp3) is 0.571. The van der Waals surface area contributed by atoms with Gasteiger partial charge < -0.3 is 10.6 Å². The van der Waals surface area contributed by atoms with Crippen molar-refractivity contribution in [1.82, 2.24) is 10.6 Å². The van der Waals surface area contributed by atoms with Gasteiger partial charge in [-0.2, -0.15) is 22.7 Å². The second-order valence-corrected chi connectivity index (χ2v) is 9.52. The van der Waals surface area contributed by atoms with Crippen molar-refractivity contribution in [2.24, 2.45) is 15.9 Å². The molecule has 0 spiro atoms. The lowest BCUT2D eigenvalue weighted by molar-refractivity contribution is 0.731. The molecule has 190 valence electrons. The first kappa shape index (κ1) is 30.1. The summed E-state index contributed by atoms with van der Waals surface area (Å²) in [7, 11) is 0. The molecule has 2 aliphatic heterocycles. The van der Waals surface area contributed by atoms with Crippen LogP contribution in [-0.4, -0.2) is 37.9 Å². The Balaban J connectivity index is 0.000000299. The minimum atomic E-state index is 0.480. The highest BCUT2D eigenvalue weighted by Crippen LogP contribution is 2.14. The van der Waals surface area contributed by atoms with Crippen LogP contribution in [0.5, 0.6) is 0 Å². The molecule has 6 heteroatoms. The first-order valence-electron chi connectivity index (χ1n) is 12.9. The third-order valence-electron chi connectivity index (χ3n) is 5.27. The highest BCUT2D eigenvalue weighted by atomic mass is 32.1. The van der Waals surface area contributed by atoms with E-state index >= 15 is 0 Å². The summed E-state index contributed by atoms with van der Waals surface area (Å²) in [6.45, 7) is 16.2. The van der Waals surface area contributed by atoms with Crippen molar-refractivity contribution in [2.45, 2.75) is 73.6 Å². The van der Waals surface area contributed by atoms with Crippen molar-refractivity contribution in [3.05, 3.63) is 56.4 Å². The molecule has 1 atom stereocenters. The van der Waals surface area contributed by atoms with Gasteiger partial charge in [-0.15, -0.1) is 0 Å². The molecule has 2 aromatic rings. The van der Waals surface area contributed by atoms with E-state index in [2.05, 4.69) is 74.2 Å². The van der Waals surface area contributed by atoms with E-state index in [0.717, 1.165) is 51.3 Å². The molecule has 0 radical (unpaired) electrons. The Morgan fingerprint density at radius 1 is 0.912 bits per heavy atom. The van der Waals surface area contributed by atoms with E-state index < -0.39 is 0 Å². The van der Waals surface area contributed by atoms with Crippen molar-refractivity contribution in [1.29, 1.82) is 0 Å². The van der Waals surface area contributed by atoms with Gasteiger partial charge in [-0.3, -0.25) is 9.98 Å². The topological polar surface area (TPSA) is 48.8 Å². The summed E-state index contributed by atoms with van der Waals surface area (Å²) in [6.07, 6.45) is 7.97. The number of nitrogens with one attached hydrogen (secondary N) is 2. The van der Waals surface area contributed by atoms with Crippen molar-refractivity contribution < 1.29 is 0 Å². The minimum absolute atomic E-state index is 0.480. The van der Waals surface area contributed by atoms with Gasteiger partial charge in [-0.1, -0.05) is 46.3 Å². The first-order chi connectivity index (χ1) is 16.7. The molecular weight excluding hydrogens is 456 g/mol. The van der Waals surface area contributed by atoms with Crippen LogP contribution in [0.3, 0.4) is 0 Å². The summed E-state index contributed by atoms with van der Waals surface area (Å²) >= 11 is 3.53. The van der Waals surface area contributed by atoms with Crippen molar-refractivity contribution >= 4 is 34.3 Å². The van der Waals surface area contributed by atoms with Gasteiger partial charge in [0.25, 0.3) is 0 Å². The van der Waals surface area contributed by atoms with Crippen LogP contribution in [0, 0.1) is 5.92 Å². The molecule has 4 rings (SSSR count). The number of amidine groups is 2. The molecule has 0 fully saturated rings. The van der Waals surface area contributed by atoms with E-state index in [4.69, 9.17) is 0 Å². The maximum absolute atomic E-state index is 4.63. The molecule has 2 aliphatic rings. The molecule has 2 aromatic heterocycles. The molecule has 0 saturated carbocycles. The smallest absolute Gasteiger partial charge is 0.100 e. The average molecular weight is 503 g/mol. The maximum atomic E-state index is 4.63. The van der Waals surface area contributed by atoms with Crippen LogP contribution in [0.4, 0.5) is 0 Å². The van der Waals surface area contributed by atoms with E-state index in [1.807, 2.05) is 27.7 Å². The number of aryl methyl sites for hydroxylation is 1. The molecule has 0 bridgehead atoms. The molecule has 2 N–H and O–H groups in total. The quantitative estimate of drug-likeness (QED) is 0.405. The molecule has 0 aliphatic carbocycles. The summed E-state index contributed by atoms with van der Waals surface area (Å²) in [5.74, 6) is 2.84. The predicted octanol–water partition coefficient (Wildman–Crippen LogP) is 7.39. The highest BCUT2D eigenvalue weighted by molar-refractivity contribution is 7.08. The third kappa shape index (κ3) is 12.5. The Morgan fingerprint density at radius 2 is 1.62 bits per heavy atom. The van der Waals surface area contributed by atoms with Crippen molar-refractivity contribution in [2.75, 3.05) is 26.2 Å². The van der Waals surface area contributed by atoms with E-state index in [0.29, 0.717) is 5.92 Å². The summed E-state index contributed by atoms with van der Waals surface area (Å²) in [6, 6.07) is 4.39. The lowest BCUT2D eigenvalue weighted by Gasteiger charge is -2.14. The Morgan fingerprint density at radius 3 is 2.29 bits per heavy atom. The number of nitrogens with zero attached hydrogens (tertiary/aromatic N) is 2. The summed E-state index contributed by atoms with van der Waals surface area (Å²) in [5.41, 5.74) is 4.20. The molecule has 0 amide bonds. The van der Waals surface area contributed by atoms with Crippen molar-refractivity contribution in [3.63, 3.8) is 0 Å². The SMILES string of the molecule is CC.CC.CC1=CCNC([C@@H](C)Cc2ccsc2)=NC1.c1cc(CCC2=NCCCCN2)cs1. The van der Waals surface area contributed by atoms with E-state index in [-0.39, 0.29) is 0 Å². The maximum Gasteiger partial charge on any atom is 0.100 e. The molecule has 0 saturated heterocycles. The Kier molecular flexibility index (Phi) is 17.2. The fourth-order valence-corrected chi connectivity index (χ4v) is 4.84. The average Bonchev–Trinajstić information content (AvgIpc) is 3.47. The third-order valence-corrected chi connectivity index (χ3v) is 6.73. The monoisotopic (exact) mass is 502 g/mol. The summed E-state index contributed by atoms with van der Waals surface area (Å²) in [4.78, 5) is 9.16. The highest BCUT2D eigenvalue weighted by Gasteiger charge is 2.12. The van der Waals surface area contributed by atoms with Gasteiger partial charge >= 0.3 is 0 Å². The van der Waals surface area contributed by atoms with Gasteiger partial charge in [0.15, 0.2) is 0 Å². The second-order valence-electron chi connectivity index (χ2n) is 7.96. The lowest BCUT2D eigenvalue weighted by Crippen LogP contribution is -2.30. The summed E-state index contributed by atoms with van der Waals surface area (Å²) in [5, 5.41) is 15.5. The standard InChI is InChI=1S/C13H18N2S.C11H16N2S.2C2H6/c1-10-3-5-14-13(15-8-10)11(2)7-12-4-6-16-9-12;1-2-7-13-11(12-6-1)4-3-10-5-8-14-9-10;2*1-2/h3-4,6,9,11H,5,7-8H2,1-2H3,(H,14,15);5,8-9H,1-4,6-7H2,(H,12,13);2*1-2H3/t11-;;;/m0.../s1. The Bertz CT molecular complexity index is 821. The number of thiophene rings is 2. The Hall–Kier alpha value is -1.92. The normalized spacial score (nSPS) is 15.9. The van der Waals surface area contributed by atoms with E-state index in [1.165, 1.54) is 35.4 Å². The fourth-order valence-electron chi connectivity index (χ4n) is 3.45. The molecule has 4 nitrogen and oxygen atoms in total.